The number of carbonyl (C=O) groups excluding carboxylic acids is 1. The van der Waals surface area contributed by atoms with Gasteiger partial charge >= 0.3 is 7.82 Å². The summed E-state index contributed by atoms with van der Waals surface area (Å²) in [6.07, 6.45) is 93.9. The molecule has 8 nitrogen and oxygen atoms in total. The fourth-order valence-corrected chi connectivity index (χ4v) is 13.3. The molecule has 0 aliphatic rings. The van der Waals surface area contributed by atoms with Gasteiger partial charge in [0.2, 0.25) is 5.91 Å². The number of amides is 1. The summed E-state index contributed by atoms with van der Waals surface area (Å²) in [4.78, 5) is 23.5. The van der Waals surface area contributed by atoms with Crippen LogP contribution in [-0.4, -0.2) is 73.4 Å². The molecule has 0 rings (SSSR count). The third kappa shape index (κ3) is 72.4. The van der Waals surface area contributed by atoms with Gasteiger partial charge in [0.25, 0.3) is 0 Å². The standard InChI is InChI=1S/C79H157N2O6P/c1-6-8-10-12-14-16-18-20-22-24-26-28-30-32-34-36-38-39-40-41-42-43-45-47-49-51-53-55-57-59-61-63-65-67-69-71-73-79(83)80-77(76-87-88(84,85)86-75-74-81(3,4)5)78(82)72-70-68-66-64-62-60-58-56-54-52-50-48-46-44-37-35-33-31-29-27-25-23-21-19-17-15-13-11-9-7-2/h62,64,70,72,77-78,82H,6-61,63,65-69,71,73-76H2,1-5H3,(H-,80,83,84,85)/p+1/b64-62+,72-70+. The minimum Gasteiger partial charge on any atom is -0.387 e. The molecule has 0 aliphatic carbocycles. The predicted molar refractivity (Wildman–Crippen MR) is 388 cm³/mol. The molecule has 0 aromatic carbocycles. The fourth-order valence-electron chi connectivity index (χ4n) is 12.5. The summed E-state index contributed by atoms with van der Waals surface area (Å²) in [5.41, 5.74) is 0. The first-order chi connectivity index (χ1) is 43.0. The lowest BCUT2D eigenvalue weighted by atomic mass is 10.0. The van der Waals surface area contributed by atoms with Crippen LogP contribution in [-0.2, 0) is 18.4 Å². The van der Waals surface area contributed by atoms with E-state index in [4.69, 9.17) is 9.05 Å². The van der Waals surface area contributed by atoms with Crippen LogP contribution < -0.4 is 5.32 Å². The Morgan fingerprint density at radius 2 is 0.625 bits per heavy atom. The second-order valence-electron chi connectivity index (χ2n) is 28.8. The maximum atomic E-state index is 13.1. The Morgan fingerprint density at radius 1 is 0.375 bits per heavy atom. The van der Waals surface area contributed by atoms with Crippen molar-refractivity contribution in [2.24, 2.45) is 0 Å². The average Bonchev–Trinajstić information content (AvgIpc) is 3.58. The van der Waals surface area contributed by atoms with E-state index >= 15 is 0 Å². The van der Waals surface area contributed by atoms with Gasteiger partial charge in [0.05, 0.1) is 39.9 Å². The summed E-state index contributed by atoms with van der Waals surface area (Å²) in [5, 5.41) is 14.0. The minimum atomic E-state index is -4.36. The van der Waals surface area contributed by atoms with Gasteiger partial charge in [-0.1, -0.05) is 411 Å². The van der Waals surface area contributed by atoms with Gasteiger partial charge < -0.3 is 19.8 Å². The van der Waals surface area contributed by atoms with Gasteiger partial charge in [-0.3, -0.25) is 13.8 Å². The van der Waals surface area contributed by atoms with Crippen molar-refractivity contribution < 1.29 is 32.9 Å². The van der Waals surface area contributed by atoms with Gasteiger partial charge in [0, 0.05) is 6.42 Å². The molecule has 1 amide bonds. The van der Waals surface area contributed by atoms with Gasteiger partial charge in [-0.25, -0.2) is 4.57 Å². The first-order valence-corrected chi connectivity index (χ1v) is 41.2. The van der Waals surface area contributed by atoms with Crippen LogP contribution in [0.15, 0.2) is 24.3 Å². The lowest BCUT2D eigenvalue weighted by Gasteiger charge is -2.25. The maximum Gasteiger partial charge on any atom is 0.472 e. The van der Waals surface area contributed by atoms with Crippen LogP contribution in [0.25, 0.3) is 0 Å². The quantitative estimate of drug-likeness (QED) is 0.0243. The molecule has 0 saturated heterocycles. The van der Waals surface area contributed by atoms with Crippen LogP contribution in [0.5, 0.6) is 0 Å². The van der Waals surface area contributed by atoms with Crippen LogP contribution in [0.1, 0.15) is 425 Å². The van der Waals surface area contributed by atoms with E-state index in [-0.39, 0.29) is 19.1 Å². The lowest BCUT2D eigenvalue weighted by Crippen LogP contribution is -2.45. The minimum absolute atomic E-state index is 0.0592. The average molecular weight is 1260 g/mol. The maximum absolute atomic E-state index is 13.1. The second kappa shape index (κ2) is 70.3. The number of nitrogens with zero attached hydrogens (tertiary/aromatic N) is 1. The van der Waals surface area contributed by atoms with Crippen molar-refractivity contribution in [1.82, 2.24) is 5.32 Å². The van der Waals surface area contributed by atoms with Crippen molar-refractivity contribution in [2.45, 2.75) is 437 Å². The molecule has 0 saturated carbocycles. The summed E-state index contributed by atoms with van der Waals surface area (Å²) in [6, 6.07) is -0.863. The molecule has 3 atom stereocenters. The number of allylic oxidation sites excluding steroid dienone is 3. The summed E-state index contributed by atoms with van der Waals surface area (Å²) < 4.78 is 23.9. The number of carbonyl (C=O) groups is 1. The van der Waals surface area contributed by atoms with Crippen LogP contribution >= 0.6 is 7.82 Å². The zero-order chi connectivity index (χ0) is 64.1. The molecule has 0 heterocycles. The molecule has 3 unspecified atom stereocenters. The van der Waals surface area contributed by atoms with Crippen LogP contribution in [0.3, 0.4) is 0 Å². The number of aliphatic hydroxyl groups excluding tert-OH is 1. The first kappa shape index (κ1) is 87.0. The molecule has 0 bridgehead atoms. The number of hydrogen-bond acceptors (Lipinski definition) is 5. The number of quaternary nitrogens is 1. The highest BCUT2D eigenvalue weighted by atomic mass is 31.2. The second-order valence-corrected chi connectivity index (χ2v) is 30.3. The van der Waals surface area contributed by atoms with E-state index in [9.17, 15) is 19.4 Å². The van der Waals surface area contributed by atoms with Crippen LogP contribution in [0, 0.1) is 0 Å². The van der Waals surface area contributed by atoms with E-state index in [2.05, 4.69) is 31.3 Å². The van der Waals surface area contributed by atoms with Crippen LogP contribution in [0.4, 0.5) is 0 Å². The van der Waals surface area contributed by atoms with E-state index in [1.807, 2.05) is 27.2 Å². The van der Waals surface area contributed by atoms with Gasteiger partial charge in [-0.05, 0) is 32.1 Å². The molecular formula is C79H158N2O6P+. The number of aliphatic hydroxyl groups is 1. The first-order valence-electron chi connectivity index (χ1n) is 39.7. The monoisotopic (exact) mass is 1260 g/mol. The Morgan fingerprint density at radius 3 is 0.909 bits per heavy atom. The third-order valence-corrected chi connectivity index (χ3v) is 19.7. The van der Waals surface area contributed by atoms with Crippen molar-refractivity contribution in [3.05, 3.63) is 24.3 Å². The molecule has 524 valence electrons. The molecule has 88 heavy (non-hydrogen) atoms. The molecule has 0 aromatic heterocycles. The smallest absolute Gasteiger partial charge is 0.387 e. The van der Waals surface area contributed by atoms with Gasteiger partial charge in [-0.15, -0.1) is 0 Å². The van der Waals surface area contributed by atoms with Crippen molar-refractivity contribution in [3.8, 4) is 0 Å². The third-order valence-electron chi connectivity index (χ3n) is 18.7. The van der Waals surface area contributed by atoms with E-state index in [1.165, 1.54) is 366 Å². The van der Waals surface area contributed by atoms with Crippen molar-refractivity contribution >= 4 is 13.7 Å². The Balaban J connectivity index is 3.96. The Labute approximate surface area is 551 Å². The Bertz CT molecular complexity index is 1480. The summed E-state index contributed by atoms with van der Waals surface area (Å²) in [7, 11) is 1.58. The summed E-state index contributed by atoms with van der Waals surface area (Å²) >= 11 is 0. The molecule has 0 aromatic rings. The molecule has 9 heteroatoms. The van der Waals surface area contributed by atoms with Gasteiger partial charge in [-0.2, -0.15) is 0 Å². The molecule has 0 spiro atoms. The Hall–Kier alpha value is -1.02. The number of phosphoric acid groups is 1. The lowest BCUT2D eigenvalue weighted by molar-refractivity contribution is -0.870. The SMILES string of the molecule is CCCCCCCCCCCCCCCCCCCCCCCCCC/C=C/CC/C=C/C(O)C(COP(=O)(O)OCC[N+](C)(C)C)NC(=O)CCCCCCCCCCCCCCCCCCCCCCCCCCCCCCCCCCCCCC. The predicted octanol–water partition coefficient (Wildman–Crippen LogP) is 25.8. The number of nitrogens with one attached hydrogen (secondary N) is 1. The summed E-state index contributed by atoms with van der Waals surface area (Å²) in [5.74, 6) is -0.176. The zero-order valence-electron chi connectivity index (χ0n) is 60.3. The fraction of sp³-hybridized carbons (Fsp3) is 0.937. The Kier molecular flexibility index (Phi) is 69.5. The highest BCUT2D eigenvalue weighted by Gasteiger charge is 2.28. The molecule has 0 fully saturated rings. The van der Waals surface area contributed by atoms with Crippen molar-refractivity contribution in [1.29, 1.82) is 0 Å². The van der Waals surface area contributed by atoms with Crippen molar-refractivity contribution in [2.75, 3.05) is 40.9 Å². The van der Waals surface area contributed by atoms with E-state index in [0.29, 0.717) is 17.4 Å². The van der Waals surface area contributed by atoms with Gasteiger partial charge in [0.15, 0.2) is 0 Å². The van der Waals surface area contributed by atoms with E-state index in [1.54, 1.807) is 6.08 Å². The number of likely N-dealkylation sites (N-methyl/N-ethyl adjacent to an activating group) is 1. The van der Waals surface area contributed by atoms with Gasteiger partial charge in [0.1, 0.15) is 13.2 Å². The zero-order valence-corrected chi connectivity index (χ0v) is 61.2. The van der Waals surface area contributed by atoms with Crippen molar-refractivity contribution in [3.63, 3.8) is 0 Å². The summed E-state index contributed by atoms with van der Waals surface area (Å²) in [6.45, 7) is 4.87. The number of phosphoric ester groups is 1. The molecule has 0 aliphatic heterocycles. The highest BCUT2D eigenvalue weighted by Crippen LogP contribution is 2.43. The largest absolute Gasteiger partial charge is 0.472 e. The highest BCUT2D eigenvalue weighted by molar-refractivity contribution is 7.47. The molecule has 3 N–H and O–H groups in total. The van der Waals surface area contributed by atoms with Crippen LogP contribution in [0.2, 0.25) is 0 Å². The van der Waals surface area contributed by atoms with E-state index < -0.39 is 20.0 Å². The number of rotatable bonds is 75. The van der Waals surface area contributed by atoms with E-state index in [0.717, 1.165) is 38.5 Å². The normalized spacial score (nSPS) is 13.6. The topological polar surface area (TPSA) is 105 Å². The molecule has 0 radical (unpaired) electrons. The molecular weight excluding hydrogens is 1100 g/mol. The number of hydrogen-bond donors (Lipinski definition) is 3. The number of unbranched alkanes of at least 4 members (excludes halogenated alkanes) is 60.